The molecule has 116 valence electrons. The van der Waals surface area contributed by atoms with E-state index in [1.807, 2.05) is 5.32 Å². The molecule has 1 rings (SSSR count). The smallest absolute Gasteiger partial charge is 0.326 e. The van der Waals surface area contributed by atoms with Gasteiger partial charge in [-0.25, -0.2) is 4.79 Å². The Morgan fingerprint density at radius 3 is 2.48 bits per heavy atom. The third kappa shape index (κ3) is 4.71. The molecule has 0 aliphatic heterocycles. The minimum atomic E-state index is -1.15. The predicted octanol–water partition coefficient (Wildman–Crippen LogP) is -0.0191. The number of imide groups is 1. The van der Waals surface area contributed by atoms with E-state index in [2.05, 4.69) is 0 Å². The molecule has 0 radical (unpaired) electrons. The van der Waals surface area contributed by atoms with Crippen molar-refractivity contribution in [2.75, 3.05) is 0 Å². The van der Waals surface area contributed by atoms with Crippen LogP contribution in [0.25, 0.3) is 0 Å². The Bertz CT molecular complexity index is 604. The first-order valence-electron chi connectivity index (χ1n) is 6.17. The maximum absolute atomic E-state index is 11.8. The predicted molar refractivity (Wildman–Crippen MR) is 75.8 cm³/mol. The van der Waals surface area contributed by atoms with Crippen molar-refractivity contribution in [3.05, 3.63) is 20.7 Å². The van der Waals surface area contributed by atoms with Crippen LogP contribution in [-0.4, -0.2) is 28.6 Å². The van der Waals surface area contributed by atoms with E-state index in [9.17, 15) is 19.2 Å². The van der Waals surface area contributed by atoms with Crippen LogP contribution in [0, 0.1) is 12.8 Å². The second-order valence-electron chi connectivity index (χ2n) is 4.74. The van der Waals surface area contributed by atoms with E-state index < -0.39 is 24.0 Å². The van der Waals surface area contributed by atoms with Gasteiger partial charge in [-0.15, -0.1) is 0 Å². The number of thiazole rings is 1. The zero-order valence-corrected chi connectivity index (χ0v) is 12.7. The van der Waals surface area contributed by atoms with Gasteiger partial charge in [0.2, 0.25) is 0 Å². The number of nitrogens with one attached hydrogen (secondary N) is 1. The van der Waals surface area contributed by atoms with E-state index in [0.29, 0.717) is 5.69 Å². The summed E-state index contributed by atoms with van der Waals surface area (Å²) < 4.78 is 6.29. The maximum Gasteiger partial charge on any atom is 0.326 e. The first kappa shape index (κ1) is 16.9. The van der Waals surface area contributed by atoms with Crippen molar-refractivity contribution in [1.82, 2.24) is 9.88 Å². The summed E-state index contributed by atoms with van der Waals surface area (Å²) in [5.41, 5.74) is 5.49. The van der Waals surface area contributed by atoms with Gasteiger partial charge in [0.25, 0.3) is 5.91 Å². The molecule has 3 N–H and O–H groups in total. The quantitative estimate of drug-likeness (QED) is 0.740. The fourth-order valence-corrected chi connectivity index (χ4v) is 2.32. The van der Waals surface area contributed by atoms with Crippen LogP contribution in [-0.2, 0) is 20.9 Å². The van der Waals surface area contributed by atoms with Crippen molar-refractivity contribution >= 4 is 29.2 Å². The average Bonchev–Trinajstić information content (AvgIpc) is 2.66. The Labute approximate surface area is 124 Å². The molecule has 1 aromatic rings. The molecular formula is C12H17N3O5S. The Kier molecular flexibility index (Phi) is 5.65. The number of esters is 1. The van der Waals surface area contributed by atoms with Gasteiger partial charge in [-0.05, 0) is 12.8 Å². The summed E-state index contributed by atoms with van der Waals surface area (Å²) >= 11 is 0.972. The Morgan fingerprint density at radius 1 is 1.43 bits per heavy atom. The van der Waals surface area contributed by atoms with Crippen molar-refractivity contribution < 1.29 is 19.1 Å². The molecule has 0 unspecified atom stereocenters. The maximum atomic E-state index is 11.8. The molecular weight excluding hydrogens is 298 g/mol. The van der Waals surface area contributed by atoms with Gasteiger partial charge in [0.15, 0.2) is 6.10 Å². The molecule has 1 heterocycles. The molecule has 0 bridgehead atoms. The lowest BCUT2D eigenvalue weighted by atomic mass is 10.1. The molecule has 3 amide bonds. The first-order chi connectivity index (χ1) is 9.72. The highest BCUT2D eigenvalue weighted by molar-refractivity contribution is 7.07. The second-order valence-corrected chi connectivity index (χ2v) is 5.56. The minimum Gasteiger partial charge on any atom is -0.451 e. The number of nitrogens with two attached hydrogens (primary N) is 1. The Morgan fingerprint density at radius 2 is 2.05 bits per heavy atom. The first-order valence-corrected chi connectivity index (χ1v) is 7.05. The topological polar surface area (TPSA) is 120 Å². The number of carbonyl (C=O) groups is 3. The molecule has 8 nitrogen and oxygen atoms in total. The molecule has 1 atom stereocenters. The molecule has 9 heteroatoms. The van der Waals surface area contributed by atoms with Crippen LogP contribution in [0.15, 0.2) is 10.2 Å². The molecule has 0 aliphatic rings. The monoisotopic (exact) mass is 315 g/mol. The van der Waals surface area contributed by atoms with E-state index >= 15 is 0 Å². The lowest BCUT2D eigenvalue weighted by Crippen LogP contribution is -2.46. The van der Waals surface area contributed by atoms with Gasteiger partial charge in [0, 0.05) is 11.1 Å². The molecule has 0 saturated heterocycles. The summed E-state index contributed by atoms with van der Waals surface area (Å²) in [7, 11) is 0. The molecule has 0 aliphatic carbocycles. The van der Waals surface area contributed by atoms with Gasteiger partial charge in [-0.2, -0.15) is 0 Å². The van der Waals surface area contributed by atoms with Crippen LogP contribution in [0.5, 0.6) is 0 Å². The van der Waals surface area contributed by atoms with Gasteiger partial charge in [-0.3, -0.25) is 24.3 Å². The Balaban J connectivity index is 2.76. The lowest BCUT2D eigenvalue weighted by molar-refractivity contribution is -0.158. The minimum absolute atomic E-state index is 0.285. The fourth-order valence-electron chi connectivity index (χ4n) is 1.59. The van der Waals surface area contributed by atoms with Crippen LogP contribution in [0.3, 0.4) is 0 Å². The van der Waals surface area contributed by atoms with Crippen molar-refractivity contribution in [3.8, 4) is 0 Å². The normalized spacial score (nSPS) is 12.0. The summed E-state index contributed by atoms with van der Waals surface area (Å²) in [5.74, 6) is -1.88. The highest BCUT2D eigenvalue weighted by atomic mass is 32.1. The summed E-state index contributed by atoms with van der Waals surface area (Å²) in [6.45, 7) is 4.70. The molecule has 0 saturated carbocycles. The van der Waals surface area contributed by atoms with Crippen molar-refractivity contribution in [2.45, 2.75) is 33.4 Å². The van der Waals surface area contributed by atoms with Gasteiger partial charge in [0.05, 0.1) is 0 Å². The fraction of sp³-hybridized carbons (Fsp3) is 0.500. The van der Waals surface area contributed by atoms with E-state index in [0.717, 1.165) is 11.3 Å². The number of hydrogen-bond acceptors (Lipinski definition) is 6. The number of urea groups is 1. The van der Waals surface area contributed by atoms with Crippen LogP contribution in [0.2, 0.25) is 0 Å². The highest BCUT2D eigenvalue weighted by Crippen LogP contribution is 2.08. The van der Waals surface area contributed by atoms with E-state index in [-0.39, 0.29) is 17.3 Å². The summed E-state index contributed by atoms with van der Waals surface area (Å²) in [6, 6.07) is -1.02. The van der Waals surface area contributed by atoms with Crippen LogP contribution >= 0.6 is 11.3 Å². The van der Waals surface area contributed by atoms with E-state index in [1.165, 1.54) is 4.57 Å². The Hall–Kier alpha value is -2.16. The number of carbonyl (C=O) groups excluding carboxylic acids is 3. The molecule has 0 spiro atoms. The van der Waals surface area contributed by atoms with Gasteiger partial charge in [-0.1, -0.05) is 25.2 Å². The third-order valence-electron chi connectivity index (χ3n) is 2.63. The number of hydrogen-bond donors (Lipinski definition) is 2. The second kappa shape index (κ2) is 7.02. The average molecular weight is 315 g/mol. The third-order valence-corrected chi connectivity index (χ3v) is 3.51. The SMILES string of the molecule is Cc1csc(=O)n1CC(=O)O[C@H](C(=O)NC(N)=O)C(C)C. The van der Waals surface area contributed by atoms with E-state index in [1.54, 1.807) is 26.2 Å². The number of nitrogens with zero attached hydrogens (tertiary/aromatic N) is 1. The van der Waals surface area contributed by atoms with Gasteiger partial charge in [0.1, 0.15) is 6.54 Å². The number of aromatic nitrogens is 1. The molecule has 21 heavy (non-hydrogen) atoms. The lowest BCUT2D eigenvalue weighted by Gasteiger charge is -2.20. The number of rotatable bonds is 5. The van der Waals surface area contributed by atoms with Crippen molar-refractivity contribution in [1.29, 1.82) is 0 Å². The van der Waals surface area contributed by atoms with Crippen LogP contribution in [0.4, 0.5) is 4.79 Å². The zero-order chi connectivity index (χ0) is 16.2. The summed E-state index contributed by atoms with van der Waals surface area (Å²) in [6.07, 6.45) is -1.15. The number of primary amides is 1. The molecule has 0 aromatic carbocycles. The largest absolute Gasteiger partial charge is 0.451 e. The summed E-state index contributed by atoms with van der Waals surface area (Å²) in [5, 5.41) is 3.49. The molecule has 1 aromatic heterocycles. The van der Waals surface area contributed by atoms with E-state index in [4.69, 9.17) is 10.5 Å². The number of aryl methyl sites for hydroxylation is 1. The zero-order valence-electron chi connectivity index (χ0n) is 11.9. The van der Waals surface area contributed by atoms with Crippen molar-refractivity contribution in [2.24, 2.45) is 11.7 Å². The van der Waals surface area contributed by atoms with Gasteiger partial charge >= 0.3 is 16.9 Å². The summed E-state index contributed by atoms with van der Waals surface area (Å²) in [4.78, 5) is 45.5. The highest BCUT2D eigenvalue weighted by Gasteiger charge is 2.27. The number of amides is 3. The standard InChI is InChI=1S/C12H17N3O5S/c1-6(2)9(10(17)14-11(13)18)20-8(16)4-15-7(3)5-21-12(15)19/h5-6,9H,4H2,1-3H3,(H3,13,14,17,18)/t9-/m0/s1. The van der Waals surface area contributed by atoms with Gasteiger partial charge < -0.3 is 10.5 Å². The van der Waals surface area contributed by atoms with Crippen LogP contribution in [0.1, 0.15) is 19.5 Å². The molecule has 0 fully saturated rings. The van der Waals surface area contributed by atoms with Crippen LogP contribution < -0.4 is 15.9 Å². The number of ether oxygens (including phenoxy) is 1. The van der Waals surface area contributed by atoms with Crippen molar-refractivity contribution in [3.63, 3.8) is 0 Å².